The molecule has 1 aromatic heterocycles. The van der Waals surface area contributed by atoms with Crippen molar-refractivity contribution in [3.8, 4) is 11.1 Å². The van der Waals surface area contributed by atoms with Gasteiger partial charge in [-0.25, -0.2) is 0 Å². The van der Waals surface area contributed by atoms with E-state index < -0.39 is 0 Å². The van der Waals surface area contributed by atoms with Crippen molar-refractivity contribution in [3.05, 3.63) is 64.7 Å². The van der Waals surface area contributed by atoms with Crippen LogP contribution in [0.15, 0.2) is 58.6 Å². The lowest BCUT2D eigenvalue weighted by molar-refractivity contribution is -0.113. The van der Waals surface area contributed by atoms with Crippen molar-refractivity contribution in [2.75, 3.05) is 51.2 Å². The third-order valence-electron chi connectivity index (χ3n) is 7.40. The van der Waals surface area contributed by atoms with Crippen molar-refractivity contribution < 1.29 is 4.79 Å². The van der Waals surface area contributed by atoms with Crippen molar-refractivity contribution in [1.29, 1.82) is 0 Å². The number of rotatable bonds is 3. The second-order valence-electron chi connectivity index (χ2n) is 9.93. The standard InChI is InChI=1S/C29H31N5OS/c1-20-17-22(6-8-26(20)33-15-13-32(2)14-16-33)23-9-10-30-25-7-5-21(18-24(23)25)19-27-28(35)31-29(36-27)34-11-3-4-12-34/h5-10,17-19H,3-4,11-16H2,1-2H3. The molecule has 6 rings (SSSR count). The third-order valence-corrected chi connectivity index (χ3v) is 8.45. The molecule has 3 aromatic rings. The zero-order valence-electron chi connectivity index (χ0n) is 20.9. The maximum Gasteiger partial charge on any atom is 0.286 e. The highest BCUT2D eigenvalue weighted by Crippen LogP contribution is 2.35. The van der Waals surface area contributed by atoms with Crippen LogP contribution in [0.25, 0.3) is 28.1 Å². The number of carbonyl (C=O) groups excluding carboxylic acids is 1. The van der Waals surface area contributed by atoms with E-state index in [0.717, 1.165) is 66.5 Å². The number of thioether (sulfide) groups is 1. The van der Waals surface area contributed by atoms with E-state index in [2.05, 4.69) is 69.0 Å². The van der Waals surface area contributed by atoms with E-state index in [1.54, 1.807) is 0 Å². The Hall–Kier alpha value is -3.16. The average molecular weight is 498 g/mol. The normalized spacial score (nSPS) is 20.1. The molecule has 2 saturated heterocycles. The van der Waals surface area contributed by atoms with Crippen molar-refractivity contribution in [1.82, 2.24) is 14.8 Å². The summed E-state index contributed by atoms with van der Waals surface area (Å²) in [6.07, 6.45) is 6.19. The smallest absolute Gasteiger partial charge is 0.286 e. The summed E-state index contributed by atoms with van der Waals surface area (Å²) in [5, 5.41) is 1.94. The highest BCUT2D eigenvalue weighted by atomic mass is 32.2. The number of hydrogen-bond acceptors (Lipinski definition) is 6. The molecule has 0 saturated carbocycles. The summed E-state index contributed by atoms with van der Waals surface area (Å²) in [7, 11) is 2.19. The Balaban J connectivity index is 1.30. The van der Waals surface area contributed by atoms with E-state index in [4.69, 9.17) is 0 Å². The minimum absolute atomic E-state index is 0.136. The number of piperazine rings is 1. The lowest BCUT2D eigenvalue weighted by atomic mass is 9.97. The minimum atomic E-state index is -0.136. The van der Waals surface area contributed by atoms with Gasteiger partial charge in [-0.15, -0.1) is 0 Å². The van der Waals surface area contributed by atoms with Gasteiger partial charge in [-0.3, -0.25) is 9.78 Å². The quantitative estimate of drug-likeness (QED) is 0.473. The van der Waals surface area contributed by atoms with E-state index in [1.165, 1.54) is 41.4 Å². The zero-order valence-corrected chi connectivity index (χ0v) is 21.7. The first kappa shape index (κ1) is 23.3. The Labute approximate surface area is 216 Å². The van der Waals surface area contributed by atoms with Crippen LogP contribution in [0, 0.1) is 6.92 Å². The molecule has 1 amide bonds. The van der Waals surface area contributed by atoms with Gasteiger partial charge in [0.1, 0.15) is 0 Å². The number of aryl methyl sites for hydroxylation is 1. The fourth-order valence-corrected chi connectivity index (χ4v) is 6.29. The number of carbonyl (C=O) groups is 1. The molecule has 7 heteroatoms. The molecular weight excluding hydrogens is 466 g/mol. The lowest BCUT2D eigenvalue weighted by Crippen LogP contribution is -2.44. The van der Waals surface area contributed by atoms with Crippen LogP contribution in [-0.2, 0) is 4.79 Å². The number of likely N-dealkylation sites (N-methyl/N-ethyl adjacent to an activating group) is 1. The molecule has 2 fully saturated rings. The maximum atomic E-state index is 12.6. The molecule has 0 unspecified atom stereocenters. The molecule has 3 aliphatic heterocycles. The number of fused-ring (bicyclic) bond motifs is 1. The molecular formula is C29H31N5OS. The van der Waals surface area contributed by atoms with Crippen molar-refractivity contribution >= 4 is 45.5 Å². The van der Waals surface area contributed by atoms with Gasteiger partial charge in [0.15, 0.2) is 5.17 Å². The van der Waals surface area contributed by atoms with Gasteiger partial charge < -0.3 is 14.7 Å². The second kappa shape index (κ2) is 9.71. The Morgan fingerprint density at radius 1 is 0.917 bits per heavy atom. The number of pyridine rings is 1. The molecule has 3 aliphatic rings. The molecule has 0 N–H and O–H groups in total. The predicted octanol–water partition coefficient (Wildman–Crippen LogP) is 5.03. The van der Waals surface area contributed by atoms with Crippen molar-refractivity contribution in [2.45, 2.75) is 19.8 Å². The largest absolute Gasteiger partial charge is 0.369 e. The van der Waals surface area contributed by atoms with Crippen LogP contribution in [0.3, 0.4) is 0 Å². The molecule has 0 atom stereocenters. The van der Waals surface area contributed by atoms with Crippen LogP contribution < -0.4 is 4.90 Å². The maximum absolute atomic E-state index is 12.6. The van der Waals surface area contributed by atoms with Gasteiger partial charge in [-0.2, -0.15) is 4.99 Å². The molecule has 2 aromatic carbocycles. The summed E-state index contributed by atoms with van der Waals surface area (Å²) in [5.41, 5.74) is 6.91. The number of aromatic nitrogens is 1. The fourth-order valence-electron chi connectivity index (χ4n) is 5.32. The van der Waals surface area contributed by atoms with Gasteiger partial charge >= 0.3 is 0 Å². The number of nitrogens with zero attached hydrogens (tertiary/aromatic N) is 5. The molecule has 0 spiro atoms. The summed E-state index contributed by atoms with van der Waals surface area (Å²) in [6.45, 7) is 8.51. The summed E-state index contributed by atoms with van der Waals surface area (Å²) in [4.78, 5) is 29.3. The van der Waals surface area contributed by atoms with Gasteiger partial charge in [0.25, 0.3) is 5.91 Å². The van der Waals surface area contributed by atoms with Gasteiger partial charge in [0, 0.05) is 56.5 Å². The van der Waals surface area contributed by atoms with Gasteiger partial charge in [-0.05, 0) is 97.2 Å². The van der Waals surface area contributed by atoms with Crippen molar-refractivity contribution in [2.24, 2.45) is 4.99 Å². The van der Waals surface area contributed by atoms with E-state index in [-0.39, 0.29) is 5.91 Å². The number of aliphatic imine (C=N–C) groups is 1. The van der Waals surface area contributed by atoms with Crippen LogP contribution >= 0.6 is 11.8 Å². The van der Waals surface area contributed by atoms with Gasteiger partial charge in [0.2, 0.25) is 0 Å². The predicted molar refractivity (Wildman–Crippen MR) is 150 cm³/mol. The first-order valence-corrected chi connectivity index (χ1v) is 13.6. The molecule has 6 nitrogen and oxygen atoms in total. The topological polar surface area (TPSA) is 52.0 Å². The van der Waals surface area contributed by atoms with E-state index >= 15 is 0 Å². The van der Waals surface area contributed by atoms with E-state index in [1.807, 2.05) is 24.4 Å². The van der Waals surface area contributed by atoms with Gasteiger partial charge in [0.05, 0.1) is 10.4 Å². The Bertz CT molecular complexity index is 1380. The Morgan fingerprint density at radius 3 is 2.50 bits per heavy atom. The summed E-state index contributed by atoms with van der Waals surface area (Å²) in [6, 6.07) is 15.1. The first-order chi connectivity index (χ1) is 17.5. The number of amides is 1. The minimum Gasteiger partial charge on any atom is -0.369 e. The Kier molecular flexibility index (Phi) is 6.27. The monoisotopic (exact) mass is 497 g/mol. The number of benzene rings is 2. The average Bonchev–Trinajstić information content (AvgIpc) is 3.55. The third kappa shape index (κ3) is 4.53. The lowest BCUT2D eigenvalue weighted by Gasteiger charge is -2.35. The second-order valence-corrected chi connectivity index (χ2v) is 10.9. The van der Waals surface area contributed by atoms with Gasteiger partial charge in [-0.1, -0.05) is 12.1 Å². The molecule has 184 valence electrons. The number of anilines is 1. The fraction of sp³-hybridized carbons (Fsp3) is 0.345. The zero-order chi connectivity index (χ0) is 24.6. The van der Waals surface area contributed by atoms with Crippen LogP contribution in [0.1, 0.15) is 24.0 Å². The summed E-state index contributed by atoms with van der Waals surface area (Å²) >= 11 is 1.50. The van der Waals surface area contributed by atoms with Crippen LogP contribution in [0.4, 0.5) is 5.69 Å². The molecule has 0 bridgehead atoms. The van der Waals surface area contributed by atoms with E-state index in [9.17, 15) is 4.79 Å². The molecule has 0 aliphatic carbocycles. The van der Waals surface area contributed by atoms with Crippen LogP contribution in [0.5, 0.6) is 0 Å². The first-order valence-electron chi connectivity index (χ1n) is 12.8. The molecule has 4 heterocycles. The summed E-state index contributed by atoms with van der Waals surface area (Å²) < 4.78 is 0. The van der Waals surface area contributed by atoms with Crippen molar-refractivity contribution in [3.63, 3.8) is 0 Å². The Morgan fingerprint density at radius 2 is 1.72 bits per heavy atom. The summed E-state index contributed by atoms with van der Waals surface area (Å²) in [5.74, 6) is -0.136. The number of hydrogen-bond donors (Lipinski definition) is 0. The number of amidine groups is 1. The van der Waals surface area contributed by atoms with E-state index in [0.29, 0.717) is 4.91 Å². The highest BCUT2D eigenvalue weighted by Gasteiger charge is 2.27. The molecule has 36 heavy (non-hydrogen) atoms. The SMILES string of the molecule is Cc1cc(-c2ccnc3ccc(C=C4SC(N5CCCC5)=NC4=O)cc23)ccc1N1CCN(C)CC1. The van der Waals surface area contributed by atoms with Crippen LogP contribution in [0.2, 0.25) is 0 Å². The number of likely N-dealkylation sites (tertiary alicyclic amines) is 1. The highest BCUT2D eigenvalue weighted by molar-refractivity contribution is 8.18. The van der Waals surface area contributed by atoms with Crippen LogP contribution in [-0.4, -0.2) is 72.2 Å². The molecule has 0 radical (unpaired) electrons.